The summed E-state index contributed by atoms with van der Waals surface area (Å²) < 4.78 is 11.5. The van der Waals surface area contributed by atoms with Crippen molar-refractivity contribution < 1.29 is 14.3 Å². The number of hydrogen-bond acceptors (Lipinski definition) is 6. The van der Waals surface area contributed by atoms with Gasteiger partial charge in [0.2, 0.25) is 11.8 Å². The molecule has 0 aliphatic carbocycles. The average Bonchev–Trinajstić information content (AvgIpc) is 2.68. The van der Waals surface area contributed by atoms with Gasteiger partial charge in [0.15, 0.2) is 5.69 Å². The lowest BCUT2D eigenvalue weighted by Crippen LogP contribution is -2.54. The molecular formula is C22H26N4O3. The Morgan fingerprint density at radius 1 is 1.31 bits per heavy atom. The van der Waals surface area contributed by atoms with E-state index >= 15 is 0 Å². The maximum absolute atomic E-state index is 11.2. The highest BCUT2D eigenvalue weighted by molar-refractivity contribution is 5.73. The third-order valence-electron chi connectivity index (χ3n) is 4.70. The number of nitriles is 1. The Kier molecular flexibility index (Phi) is 6.55. The lowest BCUT2D eigenvalue weighted by atomic mass is 10.1. The normalized spacial score (nSPS) is 14.5. The van der Waals surface area contributed by atoms with Crippen molar-refractivity contribution in [3.05, 3.63) is 47.7 Å². The van der Waals surface area contributed by atoms with Crippen LogP contribution in [-0.4, -0.2) is 36.7 Å². The van der Waals surface area contributed by atoms with Crippen LogP contribution in [0.15, 0.2) is 36.4 Å². The summed E-state index contributed by atoms with van der Waals surface area (Å²) >= 11 is 0. The molecule has 2 aromatic rings. The van der Waals surface area contributed by atoms with E-state index in [1.807, 2.05) is 44.2 Å². The van der Waals surface area contributed by atoms with Crippen molar-refractivity contribution in [3.63, 3.8) is 0 Å². The lowest BCUT2D eigenvalue weighted by molar-refractivity contribution is -0.119. The van der Waals surface area contributed by atoms with Crippen LogP contribution in [0.4, 0.5) is 5.69 Å². The molecule has 1 amide bonds. The average molecular weight is 394 g/mol. The molecule has 1 saturated heterocycles. The highest BCUT2D eigenvalue weighted by Crippen LogP contribution is 2.28. The molecule has 1 N–H and O–H groups in total. The van der Waals surface area contributed by atoms with Crippen LogP contribution in [0.5, 0.6) is 11.6 Å². The number of hydrogen-bond donors (Lipinski definition) is 1. The molecule has 0 radical (unpaired) electrons. The largest absolute Gasteiger partial charge is 0.487 e. The van der Waals surface area contributed by atoms with Crippen molar-refractivity contribution in [1.29, 1.82) is 5.26 Å². The zero-order valence-corrected chi connectivity index (χ0v) is 17.0. The van der Waals surface area contributed by atoms with Gasteiger partial charge in [-0.25, -0.2) is 4.98 Å². The first kappa shape index (κ1) is 20.5. The fourth-order valence-electron chi connectivity index (χ4n) is 3.18. The standard InChI is InChI=1S/C22H26N4O3/c1-4-11-28-22-10-9-21(20(12-23)25-22)26-13-19(14-26)29-18-7-5-17(6-8-18)15(2)24-16(3)27/h5-10,15,19H,4,11,13-14H2,1-3H3,(H,24,27). The van der Waals surface area contributed by atoms with Gasteiger partial charge in [0.25, 0.3) is 0 Å². The molecule has 7 heteroatoms. The van der Waals surface area contributed by atoms with Gasteiger partial charge in [0.1, 0.15) is 17.9 Å². The van der Waals surface area contributed by atoms with E-state index in [-0.39, 0.29) is 18.1 Å². The minimum atomic E-state index is -0.0522. The van der Waals surface area contributed by atoms with E-state index in [1.165, 1.54) is 6.92 Å². The Bertz CT molecular complexity index is 886. The molecule has 1 fully saturated rings. The predicted molar refractivity (Wildman–Crippen MR) is 110 cm³/mol. The quantitative estimate of drug-likeness (QED) is 0.740. The van der Waals surface area contributed by atoms with Crippen LogP contribution in [0, 0.1) is 11.3 Å². The van der Waals surface area contributed by atoms with E-state index < -0.39 is 0 Å². The van der Waals surface area contributed by atoms with Crippen LogP contribution in [-0.2, 0) is 4.79 Å². The first-order valence-corrected chi connectivity index (χ1v) is 9.82. The van der Waals surface area contributed by atoms with Crippen LogP contribution in [0.25, 0.3) is 0 Å². The Morgan fingerprint density at radius 3 is 2.66 bits per heavy atom. The number of aromatic nitrogens is 1. The summed E-state index contributed by atoms with van der Waals surface area (Å²) in [5.74, 6) is 1.22. The summed E-state index contributed by atoms with van der Waals surface area (Å²) in [5, 5.41) is 12.3. The summed E-state index contributed by atoms with van der Waals surface area (Å²) in [4.78, 5) is 17.5. The van der Waals surface area contributed by atoms with Crippen molar-refractivity contribution in [2.75, 3.05) is 24.6 Å². The number of carbonyl (C=O) groups is 1. The maximum Gasteiger partial charge on any atom is 0.217 e. The summed E-state index contributed by atoms with van der Waals surface area (Å²) in [6.07, 6.45) is 0.944. The minimum absolute atomic E-state index is 0.0399. The number of anilines is 1. The molecule has 1 aromatic heterocycles. The van der Waals surface area contributed by atoms with Crippen molar-refractivity contribution >= 4 is 11.6 Å². The van der Waals surface area contributed by atoms with Crippen LogP contribution >= 0.6 is 0 Å². The number of nitrogens with one attached hydrogen (secondary N) is 1. The first-order valence-electron chi connectivity index (χ1n) is 9.82. The lowest BCUT2D eigenvalue weighted by Gasteiger charge is -2.40. The van der Waals surface area contributed by atoms with Gasteiger partial charge in [-0.1, -0.05) is 19.1 Å². The topological polar surface area (TPSA) is 87.5 Å². The van der Waals surface area contributed by atoms with E-state index in [4.69, 9.17) is 9.47 Å². The molecule has 7 nitrogen and oxygen atoms in total. The molecule has 1 aromatic carbocycles. The Labute approximate surface area is 171 Å². The molecule has 0 saturated carbocycles. The fraction of sp³-hybridized carbons (Fsp3) is 0.409. The number of amides is 1. The number of ether oxygens (including phenoxy) is 2. The third kappa shape index (κ3) is 5.17. The molecule has 2 heterocycles. The summed E-state index contributed by atoms with van der Waals surface area (Å²) in [7, 11) is 0. The highest BCUT2D eigenvalue weighted by atomic mass is 16.5. The smallest absolute Gasteiger partial charge is 0.217 e. The number of benzene rings is 1. The second kappa shape index (κ2) is 9.28. The molecule has 152 valence electrons. The molecule has 1 atom stereocenters. The van der Waals surface area contributed by atoms with Gasteiger partial charge in [-0.2, -0.15) is 5.26 Å². The molecule has 3 rings (SSSR count). The minimum Gasteiger partial charge on any atom is -0.487 e. The predicted octanol–water partition coefficient (Wildman–Crippen LogP) is 3.21. The number of carbonyl (C=O) groups excluding carboxylic acids is 1. The van der Waals surface area contributed by atoms with Crippen molar-refractivity contribution in [2.24, 2.45) is 0 Å². The Morgan fingerprint density at radius 2 is 2.03 bits per heavy atom. The van der Waals surface area contributed by atoms with Crippen LogP contribution in [0.2, 0.25) is 0 Å². The summed E-state index contributed by atoms with van der Waals surface area (Å²) in [6, 6.07) is 13.5. The third-order valence-corrected chi connectivity index (χ3v) is 4.70. The Hall–Kier alpha value is -3.27. The SMILES string of the molecule is CCCOc1ccc(N2CC(Oc3ccc(C(C)NC(C)=O)cc3)C2)c(C#N)n1. The van der Waals surface area contributed by atoms with E-state index in [0.717, 1.165) is 23.4 Å². The maximum atomic E-state index is 11.2. The van der Waals surface area contributed by atoms with E-state index in [1.54, 1.807) is 6.07 Å². The van der Waals surface area contributed by atoms with Crippen LogP contribution in [0.1, 0.15) is 44.5 Å². The van der Waals surface area contributed by atoms with Crippen LogP contribution < -0.4 is 19.7 Å². The highest BCUT2D eigenvalue weighted by Gasteiger charge is 2.30. The molecule has 29 heavy (non-hydrogen) atoms. The number of pyridine rings is 1. The van der Waals surface area contributed by atoms with Crippen molar-refractivity contribution in [2.45, 2.75) is 39.3 Å². The molecule has 1 aliphatic heterocycles. The van der Waals surface area contributed by atoms with Gasteiger partial charge in [-0.05, 0) is 37.1 Å². The van der Waals surface area contributed by atoms with Gasteiger partial charge in [0.05, 0.1) is 31.4 Å². The van der Waals surface area contributed by atoms with Gasteiger partial charge in [0, 0.05) is 13.0 Å². The van der Waals surface area contributed by atoms with Crippen LogP contribution in [0.3, 0.4) is 0 Å². The zero-order valence-electron chi connectivity index (χ0n) is 17.0. The first-order chi connectivity index (χ1) is 14.0. The van der Waals surface area contributed by atoms with Gasteiger partial charge in [-0.15, -0.1) is 0 Å². The van der Waals surface area contributed by atoms with Crippen molar-refractivity contribution in [3.8, 4) is 17.7 Å². The van der Waals surface area contributed by atoms with Gasteiger partial charge >= 0.3 is 0 Å². The zero-order chi connectivity index (χ0) is 20.8. The molecule has 1 unspecified atom stereocenters. The molecular weight excluding hydrogens is 368 g/mol. The molecule has 1 aliphatic rings. The second-order valence-electron chi connectivity index (χ2n) is 7.11. The Balaban J connectivity index is 1.55. The summed E-state index contributed by atoms with van der Waals surface area (Å²) in [6.45, 7) is 7.44. The molecule has 0 spiro atoms. The van der Waals surface area contributed by atoms with E-state index in [0.29, 0.717) is 31.3 Å². The second-order valence-corrected chi connectivity index (χ2v) is 7.11. The van der Waals surface area contributed by atoms with E-state index in [9.17, 15) is 10.1 Å². The number of nitrogens with zero attached hydrogens (tertiary/aromatic N) is 3. The van der Waals surface area contributed by atoms with Gasteiger partial charge < -0.3 is 19.7 Å². The van der Waals surface area contributed by atoms with Gasteiger partial charge in [-0.3, -0.25) is 4.79 Å². The van der Waals surface area contributed by atoms with Crippen molar-refractivity contribution in [1.82, 2.24) is 10.3 Å². The monoisotopic (exact) mass is 394 g/mol. The van der Waals surface area contributed by atoms with E-state index in [2.05, 4.69) is 21.3 Å². The fourth-order valence-corrected chi connectivity index (χ4v) is 3.18. The summed E-state index contributed by atoms with van der Waals surface area (Å²) in [5.41, 5.74) is 2.20. The molecule has 0 bridgehead atoms. The number of rotatable bonds is 8.